The average molecular weight is 310 g/mol. The van der Waals surface area contributed by atoms with Gasteiger partial charge in [-0.25, -0.2) is 9.37 Å². The lowest BCUT2D eigenvalue weighted by Gasteiger charge is -2.33. The van der Waals surface area contributed by atoms with E-state index in [9.17, 15) is 4.39 Å². The first-order valence-electron chi connectivity index (χ1n) is 7.67. The number of aryl methyl sites for hydroxylation is 1. The molecule has 3 nitrogen and oxygen atoms in total. The third-order valence-electron chi connectivity index (χ3n) is 4.34. The summed E-state index contributed by atoms with van der Waals surface area (Å²) in [5.41, 5.74) is 1.77. The van der Waals surface area contributed by atoms with Crippen LogP contribution in [0.2, 0.25) is 0 Å². The number of nitrogens with zero attached hydrogens (tertiary/aromatic N) is 3. The van der Waals surface area contributed by atoms with E-state index < -0.39 is 0 Å². The molecule has 1 unspecified atom stereocenters. The van der Waals surface area contributed by atoms with E-state index in [1.54, 1.807) is 0 Å². The van der Waals surface area contributed by atoms with Crippen molar-refractivity contribution in [2.45, 2.75) is 32.2 Å². The molecule has 0 spiro atoms. The Morgan fingerprint density at radius 1 is 1.43 bits per heavy atom. The molecule has 3 rings (SSSR count). The van der Waals surface area contributed by atoms with Crippen LogP contribution in [0, 0.1) is 5.82 Å². The highest BCUT2D eigenvalue weighted by Crippen LogP contribution is 2.28. The van der Waals surface area contributed by atoms with Gasteiger partial charge in [0.05, 0.1) is 11.0 Å². The SMILES string of the molecule is CCN1CCCC(n2c(CCCl)nc3cc(F)ccc32)C1. The summed E-state index contributed by atoms with van der Waals surface area (Å²) in [7, 11) is 0. The zero-order valence-electron chi connectivity index (χ0n) is 12.4. The van der Waals surface area contributed by atoms with E-state index >= 15 is 0 Å². The van der Waals surface area contributed by atoms with Crippen LogP contribution in [0.3, 0.4) is 0 Å². The van der Waals surface area contributed by atoms with E-state index in [4.69, 9.17) is 11.6 Å². The number of piperidine rings is 1. The number of fused-ring (bicyclic) bond motifs is 1. The first-order chi connectivity index (χ1) is 10.2. The van der Waals surface area contributed by atoms with Crippen molar-refractivity contribution in [3.8, 4) is 0 Å². The monoisotopic (exact) mass is 309 g/mol. The van der Waals surface area contributed by atoms with Crippen molar-refractivity contribution < 1.29 is 4.39 Å². The number of imidazole rings is 1. The van der Waals surface area contributed by atoms with Crippen LogP contribution in [0.5, 0.6) is 0 Å². The first kappa shape index (κ1) is 14.8. The summed E-state index contributed by atoms with van der Waals surface area (Å²) in [6.07, 6.45) is 3.06. The number of benzene rings is 1. The summed E-state index contributed by atoms with van der Waals surface area (Å²) in [4.78, 5) is 7.08. The summed E-state index contributed by atoms with van der Waals surface area (Å²) in [5, 5.41) is 0. The number of halogens is 2. The summed E-state index contributed by atoms with van der Waals surface area (Å²) in [5.74, 6) is 1.28. The summed E-state index contributed by atoms with van der Waals surface area (Å²) >= 11 is 5.92. The predicted octanol–water partition coefficient (Wildman–Crippen LogP) is 3.61. The van der Waals surface area contributed by atoms with Gasteiger partial charge < -0.3 is 9.47 Å². The molecule has 0 amide bonds. The van der Waals surface area contributed by atoms with Crippen LogP contribution in [0.4, 0.5) is 4.39 Å². The van der Waals surface area contributed by atoms with Crippen LogP contribution >= 0.6 is 11.6 Å². The average Bonchev–Trinajstić information content (AvgIpc) is 2.84. The zero-order chi connectivity index (χ0) is 14.8. The van der Waals surface area contributed by atoms with Crippen LogP contribution in [0.15, 0.2) is 18.2 Å². The Kier molecular flexibility index (Phi) is 4.45. The molecule has 1 aliphatic heterocycles. The molecular formula is C16H21ClFN3. The molecule has 2 aromatic rings. The van der Waals surface area contributed by atoms with Gasteiger partial charge >= 0.3 is 0 Å². The van der Waals surface area contributed by atoms with Gasteiger partial charge in [-0.2, -0.15) is 0 Å². The lowest BCUT2D eigenvalue weighted by Crippen LogP contribution is -2.36. The van der Waals surface area contributed by atoms with Crippen molar-refractivity contribution in [3.63, 3.8) is 0 Å². The van der Waals surface area contributed by atoms with Crippen LogP contribution in [-0.2, 0) is 6.42 Å². The topological polar surface area (TPSA) is 21.1 Å². The van der Waals surface area contributed by atoms with Gasteiger partial charge in [0.25, 0.3) is 0 Å². The van der Waals surface area contributed by atoms with Crippen molar-refractivity contribution in [2.75, 3.05) is 25.5 Å². The Hall–Kier alpha value is -1.13. The van der Waals surface area contributed by atoms with Gasteiger partial charge in [-0.05, 0) is 38.1 Å². The van der Waals surface area contributed by atoms with Crippen molar-refractivity contribution in [1.29, 1.82) is 0 Å². The fourth-order valence-electron chi connectivity index (χ4n) is 3.32. The molecule has 21 heavy (non-hydrogen) atoms. The maximum Gasteiger partial charge on any atom is 0.125 e. The number of rotatable bonds is 4. The minimum absolute atomic E-state index is 0.233. The van der Waals surface area contributed by atoms with Crippen molar-refractivity contribution in [2.24, 2.45) is 0 Å². The van der Waals surface area contributed by atoms with Crippen LogP contribution in [0.25, 0.3) is 11.0 Å². The Bertz CT molecular complexity index is 625. The fraction of sp³-hybridized carbons (Fsp3) is 0.562. The number of likely N-dealkylation sites (tertiary alicyclic amines) is 1. The molecule has 0 radical (unpaired) electrons. The molecule has 0 bridgehead atoms. The highest BCUT2D eigenvalue weighted by Gasteiger charge is 2.24. The molecule has 1 aliphatic rings. The minimum atomic E-state index is -0.233. The van der Waals surface area contributed by atoms with E-state index in [-0.39, 0.29) is 5.82 Å². The van der Waals surface area contributed by atoms with Crippen molar-refractivity contribution in [3.05, 3.63) is 29.8 Å². The Balaban J connectivity index is 2.04. The van der Waals surface area contributed by atoms with E-state index in [2.05, 4.69) is 21.4 Å². The number of likely N-dealkylation sites (N-methyl/N-ethyl adjacent to an activating group) is 1. The van der Waals surface area contributed by atoms with Gasteiger partial charge in [0, 0.05) is 31.0 Å². The molecule has 114 valence electrons. The van der Waals surface area contributed by atoms with Crippen LogP contribution < -0.4 is 0 Å². The standard InChI is InChI=1S/C16H21ClFN3/c1-2-20-9-3-4-13(11-20)21-15-6-5-12(18)10-14(15)19-16(21)7-8-17/h5-6,10,13H,2-4,7-9,11H2,1H3. The maximum absolute atomic E-state index is 13.4. The Morgan fingerprint density at radius 3 is 3.05 bits per heavy atom. The van der Waals surface area contributed by atoms with Crippen molar-refractivity contribution >= 4 is 22.6 Å². The largest absolute Gasteiger partial charge is 0.324 e. The normalized spacial score (nSPS) is 20.2. The Morgan fingerprint density at radius 2 is 2.29 bits per heavy atom. The molecule has 1 aromatic heterocycles. The van der Waals surface area contributed by atoms with Crippen LogP contribution in [-0.4, -0.2) is 40.0 Å². The second-order valence-corrected chi connectivity index (χ2v) is 6.04. The van der Waals surface area contributed by atoms with Gasteiger partial charge in [0.15, 0.2) is 0 Å². The van der Waals surface area contributed by atoms with Crippen molar-refractivity contribution in [1.82, 2.24) is 14.5 Å². The van der Waals surface area contributed by atoms with E-state index in [1.807, 2.05) is 6.07 Å². The third kappa shape index (κ3) is 2.92. The van der Waals surface area contributed by atoms with Crippen LogP contribution in [0.1, 0.15) is 31.6 Å². The van der Waals surface area contributed by atoms with Gasteiger partial charge in [0.2, 0.25) is 0 Å². The zero-order valence-corrected chi connectivity index (χ0v) is 13.1. The lowest BCUT2D eigenvalue weighted by molar-refractivity contribution is 0.186. The Labute approximate surface area is 129 Å². The second-order valence-electron chi connectivity index (χ2n) is 5.66. The summed E-state index contributed by atoms with van der Waals surface area (Å²) in [6, 6.07) is 5.29. The molecule has 0 aliphatic carbocycles. The third-order valence-corrected chi connectivity index (χ3v) is 4.52. The summed E-state index contributed by atoms with van der Waals surface area (Å²) < 4.78 is 15.7. The van der Waals surface area contributed by atoms with Gasteiger partial charge in [-0.1, -0.05) is 6.92 Å². The fourth-order valence-corrected chi connectivity index (χ4v) is 3.49. The van der Waals surface area contributed by atoms with E-state index in [0.717, 1.165) is 42.8 Å². The highest BCUT2D eigenvalue weighted by molar-refractivity contribution is 6.17. The smallest absolute Gasteiger partial charge is 0.125 e. The molecule has 1 atom stereocenters. The molecule has 1 fully saturated rings. The molecule has 2 heterocycles. The minimum Gasteiger partial charge on any atom is -0.324 e. The molecule has 1 aromatic carbocycles. The number of alkyl halides is 1. The second kappa shape index (κ2) is 6.32. The van der Waals surface area contributed by atoms with Gasteiger partial charge in [0.1, 0.15) is 11.6 Å². The maximum atomic E-state index is 13.4. The van der Waals surface area contributed by atoms with E-state index in [1.165, 1.54) is 25.1 Å². The number of hydrogen-bond donors (Lipinski definition) is 0. The molecular weight excluding hydrogens is 289 g/mol. The van der Waals surface area contributed by atoms with Gasteiger partial charge in [-0.15, -0.1) is 11.6 Å². The van der Waals surface area contributed by atoms with E-state index in [0.29, 0.717) is 11.9 Å². The molecule has 1 saturated heterocycles. The first-order valence-corrected chi connectivity index (χ1v) is 8.21. The predicted molar refractivity (Wildman–Crippen MR) is 84.5 cm³/mol. The lowest BCUT2D eigenvalue weighted by atomic mass is 10.0. The molecule has 0 saturated carbocycles. The molecule has 5 heteroatoms. The number of hydrogen-bond acceptors (Lipinski definition) is 2. The highest BCUT2D eigenvalue weighted by atomic mass is 35.5. The quantitative estimate of drug-likeness (QED) is 0.804. The molecule has 0 N–H and O–H groups in total. The number of aromatic nitrogens is 2. The van der Waals surface area contributed by atoms with Gasteiger partial charge in [-0.3, -0.25) is 0 Å². The summed E-state index contributed by atoms with van der Waals surface area (Å²) in [6.45, 7) is 5.47.